The van der Waals surface area contributed by atoms with Gasteiger partial charge in [-0.05, 0) is 38.3 Å². The molecule has 140 valence electrons. The molecule has 3 aromatic rings. The van der Waals surface area contributed by atoms with Gasteiger partial charge in [-0.25, -0.2) is 13.3 Å². The third-order valence-electron chi connectivity index (χ3n) is 5.14. The van der Waals surface area contributed by atoms with Crippen molar-refractivity contribution in [3.63, 3.8) is 0 Å². The van der Waals surface area contributed by atoms with Gasteiger partial charge in [-0.1, -0.05) is 0 Å². The number of hydrogen-bond donors (Lipinski definition) is 2. The number of primary amides is 1. The highest BCUT2D eigenvalue weighted by atomic mass is 19.1. The first-order valence-corrected chi connectivity index (χ1v) is 8.73. The van der Waals surface area contributed by atoms with Gasteiger partial charge in [0.1, 0.15) is 11.5 Å². The molecule has 1 saturated carbocycles. The molecule has 4 rings (SSSR count). The van der Waals surface area contributed by atoms with Crippen LogP contribution in [0.1, 0.15) is 36.5 Å². The first-order valence-electron chi connectivity index (χ1n) is 8.73. The van der Waals surface area contributed by atoms with Crippen molar-refractivity contribution in [1.29, 1.82) is 0 Å². The van der Waals surface area contributed by atoms with E-state index in [2.05, 4.69) is 15.4 Å². The molecular formula is C19H19F2N5O. The van der Waals surface area contributed by atoms with Crippen LogP contribution in [0.2, 0.25) is 0 Å². The minimum atomic E-state index is -1.38. The smallest absolute Gasteiger partial charge is 0.252 e. The lowest BCUT2D eigenvalue weighted by atomic mass is 10.0. The van der Waals surface area contributed by atoms with Crippen molar-refractivity contribution in [2.45, 2.75) is 37.9 Å². The number of carbonyl (C=O) groups excluding carboxylic acids is 1. The number of halogens is 2. The van der Waals surface area contributed by atoms with Crippen LogP contribution in [0.4, 0.5) is 14.5 Å². The van der Waals surface area contributed by atoms with Crippen molar-refractivity contribution < 1.29 is 13.6 Å². The lowest BCUT2D eigenvalue weighted by molar-refractivity contribution is 0.1000. The van der Waals surface area contributed by atoms with E-state index < -0.39 is 23.4 Å². The second-order valence-corrected chi connectivity index (χ2v) is 7.12. The maximum atomic E-state index is 14.8. The highest BCUT2D eigenvalue weighted by molar-refractivity contribution is 6.02. The average molecular weight is 371 g/mol. The number of nitrogens with two attached hydrogens (primary N) is 1. The first kappa shape index (κ1) is 17.4. The number of fused-ring (bicyclic) bond motifs is 1. The van der Waals surface area contributed by atoms with E-state index in [0.29, 0.717) is 35.2 Å². The van der Waals surface area contributed by atoms with Crippen molar-refractivity contribution in [2.75, 3.05) is 5.32 Å². The highest BCUT2D eigenvalue weighted by Gasteiger charge is 2.39. The van der Waals surface area contributed by atoms with E-state index in [-0.39, 0.29) is 5.56 Å². The number of rotatable bonds is 4. The maximum Gasteiger partial charge on any atom is 0.252 e. The molecule has 0 unspecified atom stereocenters. The third-order valence-corrected chi connectivity index (χ3v) is 5.14. The molecule has 3 aromatic heterocycles. The van der Waals surface area contributed by atoms with Gasteiger partial charge < -0.3 is 11.1 Å². The summed E-state index contributed by atoms with van der Waals surface area (Å²) in [4.78, 5) is 15.8. The lowest BCUT2D eigenvalue weighted by Crippen LogP contribution is -2.36. The fourth-order valence-corrected chi connectivity index (χ4v) is 3.65. The van der Waals surface area contributed by atoms with Gasteiger partial charge in [0.05, 0.1) is 35.2 Å². The molecule has 27 heavy (non-hydrogen) atoms. The Morgan fingerprint density at radius 2 is 2.15 bits per heavy atom. The van der Waals surface area contributed by atoms with Gasteiger partial charge in [0.25, 0.3) is 5.91 Å². The number of amides is 1. The van der Waals surface area contributed by atoms with Gasteiger partial charge >= 0.3 is 0 Å². The van der Waals surface area contributed by atoms with Crippen LogP contribution in [0.15, 0.2) is 36.9 Å². The Kier molecular flexibility index (Phi) is 4.05. The molecule has 1 amide bonds. The summed E-state index contributed by atoms with van der Waals surface area (Å²) in [6.07, 6.45) is 7.59. The highest BCUT2D eigenvalue weighted by Crippen LogP contribution is 2.37. The molecule has 0 aromatic carbocycles. The normalized spacial score (nSPS) is 22.3. The van der Waals surface area contributed by atoms with E-state index in [0.717, 1.165) is 12.6 Å². The van der Waals surface area contributed by atoms with Crippen LogP contribution < -0.4 is 11.1 Å². The standard InChI is InChI=1S/C19H19F2N5O/c1-19(21)4-2-3-16(19)25-17-14(18(22)27)9-24-26-10-12(6-15(17)26)11-5-13(20)8-23-7-11/h5-10,16,25H,2-4H2,1H3,(H2,22,27)/t16-,19+/m1/s1. The fraction of sp³-hybridized carbons (Fsp3) is 0.316. The van der Waals surface area contributed by atoms with Gasteiger partial charge in [0, 0.05) is 23.5 Å². The Hall–Kier alpha value is -3.03. The summed E-state index contributed by atoms with van der Waals surface area (Å²) in [7, 11) is 0. The minimum Gasteiger partial charge on any atom is -0.377 e. The van der Waals surface area contributed by atoms with Crippen LogP contribution in [0.3, 0.4) is 0 Å². The molecule has 0 bridgehead atoms. The van der Waals surface area contributed by atoms with Gasteiger partial charge in [0.2, 0.25) is 0 Å². The first-order chi connectivity index (χ1) is 12.8. The minimum absolute atomic E-state index is 0.187. The second kappa shape index (κ2) is 6.29. The average Bonchev–Trinajstić information content (AvgIpc) is 3.18. The number of carbonyl (C=O) groups is 1. The Balaban J connectivity index is 1.84. The summed E-state index contributed by atoms with van der Waals surface area (Å²) >= 11 is 0. The molecule has 1 aliphatic carbocycles. The van der Waals surface area contributed by atoms with Gasteiger partial charge in [-0.15, -0.1) is 0 Å². The number of alkyl halides is 1. The predicted octanol–water partition coefficient (Wildman–Crippen LogP) is 3.33. The largest absolute Gasteiger partial charge is 0.377 e. The maximum absolute atomic E-state index is 14.8. The molecule has 6 nitrogen and oxygen atoms in total. The molecule has 1 fully saturated rings. The van der Waals surface area contributed by atoms with Crippen molar-refractivity contribution in [3.8, 4) is 11.1 Å². The summed E-state index contributed by atoms with van der Waals surface area (Å²) in [5.41, 5.74) is 6.56. The van der Waals surface area contributed by atoms with E-state index in [4.69, 9.17) is 5.73 Å². The van der Waals surface area contributed by atoms with Crippen molar-refractivity contribution in [2.24, 2.45) is 5.73 Å². The van der Waals surface area contributed by atoms with E-state index in [1.54, 1.807) is 23.7 Å². The number of nitrogens with zero attached hydrogens (tertiary/aromatic N) is 3. The molecule has 3 N–H and O–H groups in total. The Morgan fingerprint density at radius 3 is 2.81 bits per heavy atom. The summed E-state index contributed by atoms with van der Waals surface area (Å²) in [5.74, 6) is -1.10. The number of nitrogens with one attached hydrogen (secondary N) is 1. The molecule has 0 aliphatic heterocycles. The zero-order valence-corrected chi connectivity index (χ0v) is 14.7. The monoisotopic (exact) mass is 371 g/mol. The van der Waals surface area contributed by atoms with E-state index in [1.165, 1.54) is 18.5 Å². The van der Waals surface area contributed by atoms with Crippen molar-refractivity contribution in [1.82, 2.24) is 14.6 Å². The van der Waals surface area contributed by atoms with Crippen LogP contribution in [0.25, 0.3) is 16.6 Å². The van der Waals surface area contributed by atoms with Crippen molar-refractivity contribution in [3.05, 3.63) is 48.3 Å². The zero-order valence-electron chi connectivity index (χ0n) is 14.7. The summed E-state index contributed by atoms with van der Waals surface area (Å²) < 4.78 is 29.8. The second-order valence-electron chi connectivity index (χ2n) is 7.12. The number of pyridine rings is 1. The van der Waals surface area contributed by atoms with E-state index in [1.807, 2.05) is 0 Å². The molecule has 8 heteroatoms. The SMILES string of the molecule is C[C@]1(F)CCC[C@H]1Nc1c(C(N)=O)cnn2cc(-c3cncc(F)c3)cc12. The number of hydrogen-bond acceptors (Lipinski definition) is 4. The molecule has 1 aliphatic rings. The number of anilines is 1. The molecule has 0 radical (unpaired) electrons. The van der Waals surface area contributed by atoms with Crippen LogP contribution in [-0.4, -0.2) is 32.2 Å². The fourth-order valence-electron chi connectivity index (χ4n) is 3.65. The quantitative estimate of drug-likeness (QED) is 0.737. The Morgan fingerprint density at radius 1 is 1.33 bits per heavy atom. The zero-order chi connectivity index (χ0) is 19.2. The van der Waals surface area contributed by atoms with Crippen LogP contribution in [-0.2, 0) is 0 Å². The number of aromatic nitrogens is 3. The lowest BCUT2D eigenvalue weighted by Gasteiger charge is -2.26. The Bertz CT molecular complexity index is 1030. The third kappa shape index (κ3) is 3.11. The topological polar surface area (TPSA) is 85.3 Å². The summed E-state index contributed by atoms with van der Waals surface area (Å²) in [6.45, 7) is 1.56. The van der Waals surface area contributed by atoms with Crippen molar-refractivity contribution >= 4 is 17.1 Å². The van der Waals surface area contributed by atoms with Gasteiger partial charge in [-0.3, -0.25) is 9.78 Å². The summed E-state index contributed by atoms with van der Waals surface area (Å²) in [5, 5.41) is 7.38. The van der Waals surface area contributed by atoms with E-state index in [9.17, 15) is 13.6 Å². The van der Waals surface area contributed by atoms with Gasteiger partial charge in [0.15, 0.2) is 0 Å². The Labute approximate surface area is 154 Å². The van der Waals surface area contributed by atoms with Gasteiger partial charge in [-0.2, -0.15) is 5.10 Å². The predicted molar refractivity (Wildman–Crippen MR) is 97.7 cm³/mol. The molecule has 0 saturated heterocycles. The molecule has 3 heterocycles. The van der Waals surface area contributed by atoms with Crippen LogP contribution >= 0.6 is 0 Å². The molecule has 2 atom stereocenters. The molecule has 0 spiro atoms. The van der Waals surface area contributed by atoms with E-state index >= 15 is 0 Å². The summed E-state index contributed by atoms with van der Waals surface area (Å²) in [6, 6.07) is 2.68. The van der Waals surface area contributed by atoms with Crippen LogP contribution in [0, 0.1) is 5.82 Å². The van der Waals surface area contributed by atoms with Crippen LogP contribution in [0.5, 0.6) is 0 Å². The molecular weight excluding hydrogens is 352 g/mol.